The predicted molar refractivity (Wildman–Crippen MR) is 100.0 cm³/mol. The van der Waals surface area contributed by atoms with E-state index in [0.717, 1.165) is 35.7 Å². The molecule has 0 N–H and O–H groups in total. The molecule has 0 radical (unpaired) electrons. The maximum Gasteiger partial charge on any atom is 0.269 e. The average molecular weight is 351 g/mol. The van der Waals surface area contributed by atoms with Gasteiger partial charge in [-0.25, -0.2) is 4.98 Å². The lowest BCUT2D eigenvalue weighted by Crippen LogP contribution is -2.05. The third kappa shape index (κ3) is 4.08. The van der Waals surface area contributed by atoms with Gasteiger partial charge in [0.1, 0.15) is 11.6 Å². The number of nitrogens with zero attached hydrogens (tertiary/aromatic N) is 3. The molecule has 0 atom stereocenters. The summed E-state index contributed by atoms with van der Waals surface area (Å²) in [6.45, 7) is 4.67. The zero-order chi connectivity index (χ0) is 18.5. The molecule has 1 aromatic carbocycles. The number of aryl methyl sites for hydroxylation is 3. The van der Waals surface area contributed by atoms with Gasteiger partial charge in [0.15, 0.2) is 0 Å². The number of nitro groups is 1. The van der Waals surface area contributed by atoms with E-state index in [1.807, 2.05) is 18.2 Å². The number of aromatic nitrogens is 2. The molecule has 6 heteroatoms. The molecule has 0 fully saturated rings. The molecule has 0 unspecified atom stereocenters. The molecule has 134 valence electrons. The Kier molecular flexibility index (Phi) is 5.31. The second-order valence-electron chi connectivity index (χ2n) is 6.14. The van der Waals surface area contributed by atoms with Gasteiger partial charge >= 0.3 is 0 Å². The van der Waals surface area contributed by atoms with Crippen LogP contribution in [0.4, 0.5) is 5.69 Å². The van der Waals surface area contributed by atoms with Crippen molar-refractivity contribution in [3.8, 4) is 11.6 Å². The van der Waals surface area contributed by atoms with E-state index in [-0.39, 0.29) is 5.69 Å². The van der Waals surface area contributed by atoms with Gasteiger partial charge < -0.3 is 9.30 Å². The van der Waals surface area contributed by atoms with Crippen LogP contribution in [0.1, 0.15) is 23.5 Å². The molecule has 3 rings (SSSR count). The summed E-state index contributed by atoms with van der Waals surface area (Å²) in [5.41, 5.74) is 3.40. The molecule has 3 aromatic rings. The summed E-state index contributed by atoms with van der Waals surface area (Å²) in [5.74, 6) is 1.56. The first-order valence-electron chi connectivity index (χ1n) is 8.53. The fraction of sp³-hybridized carbons (Fsp3) is 0.250. The van der Waals surface area contributed by atoms with Crippen molar-refractivity contribution in [3.05, 3.63) is 81.8 Å². The minimum Gasteiger partial charge on any atom is -0.494 e. The lowest BCUT2D eigenvalue weighted by molar-refractivity contribution is -0.384. The number of hydrogen-bond acceptors (Lipinski definition) is 4. The van der Waals surface area contributed by atoms with Gasteiger partial charge in [-0.1, -0.05) is 6.07 Å². The minimum absolute atomic E-state index is 0.0639. The molecule has 6 nitrogen and oxygen atoms in total. The van der Waals surface area contributed by atoms with Crippen molar-refractivity contribution in [2.75, 3.05) is 6.61 Å². The first-order chi connectivity index (χ1) is 12.5. The van der Waals surface area contributed by atoms with E-state index in [4.69, 9.17) is 9.72 Å². The summed E-state index contributed by atoms with van der Waals surface area (Å²) < 4.78 is 7.78. The molecule has 0 saturated heterocycles. The lowest BCUT2D eigenvalue weighted by atomic mass is 10.2. The summed E-state index contributed by atoms with van der Waals surface area (Å²) in [4.78, 5) is 15.0. The molecule has 2 aromatic heterocycles. The van der Waals surface area contributed by atoms with Crippen LogP contribution in [0.2, 0.25) is 0 Å². The van der Waals surface area contributed by atoms with Crippen molar-refractivity contribution in [2.24, 2.45) is 0 Å². The number of non-ortho nitro benzene ring substituents is 1. The monoisotopic (exact) mass is 351 g/mol. The Balaban J connectivity index is 1.55. The van der Waals surface area contributed by atoms with Crippen LogP contribution in [-0.4, -0.2) is 21.1 Å². The van der Waals surface area contributed by atoms with E-state index >= 15 is 0 Å². The number of nitro benzene ring substituents is 1. The van der Waals surface area contributed by atoms with Crippen LogP contribution in [-0.2, 0) is 6.42 Å². The largest absolute Gasteiger partial charge is 0.494 e. The Bertz CT molecular complexity index is 881. The molecule has 0 bridgehead atoms. The Morgan fingerprint density at radius 2 is 1.73 bits per heavy atom. The molecule has 0 aliphatic rings. The SMILES string of the molecule is Cc1ccc(C)n1-c1cccc(CCCOc2ccc([N+](=O)[O-])cc2)n1. The molecule has 0 aliphatic heterocycles. The molecule has 0 spiro atoms. The van der Waals surface area contributed by atoms with Crippen LogP contribution < -0.4 is 4.74 Å². The van der Waals surface area contributed by atoms with Crippen LogP contribution in [0.5, 0.6) is 5.75 Å². The molecule has 0 aliphatic carbocycles. The fourth-order valence-corrected chi connectivity index (χ4v) is 2.87. The van der Waals surface area contributed by atoms with Gasteiger partial charge in [-0.2, -0.15) is 0 Å². The highest BCUT2D eigenvalue weighted by Gasteiger charge is 2.07. The van der Waals surface area contributed by atoms with Gasteiger partial charge in [0, 0.05) is 29.2 Å². The second-order valence-corrected chi connectivity index (χ2v) is 6.14. The Hall–Kier alpha value is -3.15. The standard InChI is InChI=1S/C20H21N3O3/c1-15-8-9-16(2)22(15)20-7-3-5-17(21-20)6-4-14-26-19-12-10-18(11-13-19)23(24)25/h3,5,7-13H,4,6,14H2,1-2H3. The Morgan fingerprint density at radius 1 is 1.04 bits per heavy atom. The molecule has 0 saturated carbocycles. The van der Waals surface area contributed by atoms with Crippen LogP contribution in [0.3, 0.4) is 0 Å². The zero-order valence-corrected chi connectivity index (χ0v) is 14.9. The summed E-state index contributed by atoms with van der Waals surface area (Å²) in [7, 11) is 0. The quantitative estimate of drug-likeness (QED) is 0.359. The van der Waals surface area contributed by atoms with E-state index in [0.29, 0.717) is 12.4 Å². The van der Waals surface area contributed by atoms with Crippen molar-refractivity contribution in [3.63, 3.8) is 0 Å². The number of ether oxygens (including phenoxy) is 1. The van der Waals surface area contributed by atoms with E-state index in [2.05, 4.69) is 30.5 Å². The maximum absolute atomic E-state index is 10.6. The highest BCUT2D eigenvalue weighted by Crippen LogP contribution is 2.18. The molecular weight excluding hydrogens is 330 g/mol. The zero-order valence-electron chi connectivity index (χ0n) is 14.9. The highest BCUT2D eigenvalue weighted by molar-refractivity contribution is 5.36. The first kappa shape index (κ1) is 17.7. The van der Waals surface area contributed by atoms with Crippen molar-refractivity contribution in [2.45, 2.75) is 26.7 Å². The summed E-state index contributed by atoms with van der Waals surface area (Å²) in [6.07, 6.45) is 1.62. The van der Waals surface area contributed by atoms with Gasteiger partial charge in [0.2, 0.25) is 0 Å². The average Bonchev–Trinajstić information content (AvgIpc) is 2.98. The fourth-order valence-electron chi connectivity index (χ4n) is 2.87. The summed E-state index contributed by atoms with van der Waals surface area (Å²) >= 11 is 0. The van der Waals surface area contributed by atoms with Crippen LogP contribution >= 0.6 is 0 Å². The maximum atomic E-state index is 10.6. The third-order valence-corrected chi connectivity index (χ3v) is 4.19. The van der Waals surface area contributed by atoms with Crippen molar-refractivity contribution < 1.29 is 9.66 Å². The van der Waals surface area contributed by atoms with E-state index in [9.17, 15) is 10.1 Å². The normalized spacial score (nSPS) is 10.7. The number of benzene rings is 1. The molecule has 26 heavy (non-hydrogen) atoms. The number of rotatable bonds is 7. The van der Waals surface area contributed by atoms with E-state index < -0.39 is 4.92 Å². The summed E-state index contributed by atoms with van der Waals surface area (Å²) in [6, 6.07) is 16.4. The molecular formula is C20H21N3O3. The molecule has 2 heterocycles. The Labute approximate surface area is 152 Å². The van der Waals surface area contributed by atoms with Gasteiger partial charge in [0.05, 0.1) is 11.5 Å². The van der Waals surface area contributed by atoms with Crippen molar-refractivity contribution in [1.82, 2.24) is 9.55 Å². The van der Waals surface area contributed by atoms with E-state index in [1.165, 1.54) is 12.1 Å². The van der Waals surface area contributed by atoms with Crippen molar-refractivity contribution in [1.29, 1.82) is 0 Å². The van der Waals surface area contributed by atoms with Crippen molar-refractivity contribution >= 4 is 5.69 Å². The van der Waals surface area contributed by atoms with Gasteiger partial charge in [-0.15, -0.1) is 0 Å². The lowest BCUT2D eigenvalue weighted by Gasteiger charge is -2.10. The first-order valence-corrected chi connectivity index (χ1v) is 8.53. The van der Waals surface area contributed by atoms with Crippen LogP contribution in [0, 0.1) is 24.0 Å². The minimum atomic E-state index is -0.420. The number of pyridine rings is 1. The van der Waals surface area contributed by atoms with Gasteiger partial charge in [-0.3, -0.25) is 10.1 Å². The van der Waals surface area contributed by atoms with Crippen LogP contribution in [0.15, 0.2) is 54.6 Å². The van der Waals surface area contributed by atoms with Gasteiger partial charge in [0.25, 0.3) is 5.69 Å². The Morgan fingerprint density at radius 3 is 2.38 bits per heavy atom. The van der Waals surface area contributed by atoms with Crippen LogP contribution in [0.25, 0.3) is 5.82 Å². The van der Waals surface area contributed by atoms with Gasteiger partial charge in [-0.05, 0) is 63.1 Å². The highest BCUT2D eigenvalue weighted by atomic mass is 16.6. The summed E-state index contributed by atoms with van der Waals surface area (Å²) in [5, 5.41) is 10.6. The van der Waals surface area contributed by atoms with E-state index in [1.54, 1.807) is 12.1 Å². The predicted octanol–water partition coefficient (Wildman–Crippen LogP) is 4.41. The second kappa shape index (κ2) is 7.82. The number of hydrogen-bond donors (Lipinski definition) is 0. The topological polar surface area (TPSA) is 70.2 Å². The smallest absolute Gasteiger partial charge is 0.269 e. The molecule has 0 amide bonds. The third-order valence-electron chi connectivity index (χ3n) is 4.19.